The van der Waals surface area contributed by atoms with Gasteiger partial charge in [-0.2, -0.15) is 0 Å². The Hall–Kier alpha value is -3.20. The van der Waals surface area contributed by atoms with Crippen LogP contribution in [-0.4, -0.2) is 44.8 Å². The van der Waals surface area contributed by atoms with Crippen molar-refractivity contribution in [2.24, 2.45) is 0 Å². The topological polar surface area (TPSA) is 88.1 Å². The van der Waals surface area contributed by atoms with Crippen molar-refractivity contribution in [2.45, 2.75) is 32.6 Å². The Balaban J connectivity index is 1.39. The fraction of sp³-hybridized carbons (Fsp3) is 0.318. The van der Waals surface area contributed by atoms with Gasteiger partial charge < -0.3 is 10.2 Å². The second-order valence-corrected chi connectivity index (χ2v) is 8.38. The van der Waals surface area contributed by atoms with Crippen LogP contribution >= 0.6 is 11.3 Å². The van der Waals surface area contributed by atoms with Crippen molar-refractivity contribution in [2.75, 3.05) is 18.4 Å². The van der Waals surface area contributed by atoms with Gasteiger partial charge in [0, 0.05) is 30.9 Å². The molecule has 3 aromatic rings. The number of amides is 2. The zero-order valence-electron chi connectivity index (χ0n) is 17.3. The number of rotatable bonds is 4. The lowest BCUT2D eigenvalue weighted by atomic mass is 9.95. The minimum atomic E-state index is -0.364. The van der Waals surface area contributed by atoms with Crippen LogP contribution in [0.4, 0.5) is 10.1 Å². The number of carbonyl (C=O) groups is 2. The number of hydrogen-bond acceptors (Lipinski definition) is 6. The second kappa shape index (κ2) is 8.89. The van der Waals surface area contributed by atoms with Crippen molar-refractivity contribution in [3.8, 4) is 0 Å². The molecular weight excluding hydrogens is 417 g/mol. The van der Waals surface area contributed by atoms with E-state index in [0.717, 1.165) is 18.5 Å². The van der Waals surface area contributed by atoms with E-state index in [1.54, 1.807) is 12.4 Å². The fourth-order valence-corrected chi connectivity index (χ4v) is 4.40. The fourth-order valence-electron chi connectivity index (χ4n) is 3.63. The second-order valence-electron chi connectivity index (χ2n) is 7.52. The quantitative estimate of drug-likeness (QED) is 0.665. The molecule has 1 aliphatic heterocycles. The van der Waals surface area contributed by atoms with Gasteiger partial charge in [0.1, 0.15) is 16.5 Å². The molecule has 0 spiro atoms. The monoisotopic (exact) mass is 439 g/mol. The van der Waals surface area contributed by atoms with Gasteiger partial charge in [0.05, 0.1) is 22.5 Å². The van der Waals surface area contributed by atoms with Gasteiger partial charge in [-0.1, -0.05) is 0 Å². The number of aromatic nitrogens is 3. The van der Waals surface area contributed by atoms with Crippen LogP contribution in [0.3, 0.4) is 0 Å². The SMILES string of the molecule is Cc1nc(C2CCN(C(=O)c3scnc3C)CC2)ncc1C(=O)Nc1ccc(F)cc1. The van der Waals surface area contributed by atoms with Crippen LogP contribution in [-0.2, 0) is 0 Å². The number of carbonyl (C=O) groups excluding carboxylic acids is 2. The maximum Gasteiger partial charge on any atom is 0.265 e. The molecule has 1 N–H and O–H groups in total. The smallest absolute Gasteiger partial charge is 0.265 e. The van der Waals surface area contributed by atoms with E-state index in [9.17, 15) is 14.0 Å². The van der Waals surface area contributed by atoms with Crippen LogP contribution in [0.15, 0.2) is 36.0 Å². The summed E-state index contributed by atoms with van der Waals surface area (Å²) in [4.78, 5) is 40.9. The molecule has 160 valence electrons. The number of nitrogens with zero attached hydrogens (tertiary/aromatic N) is 4. The number of thiazole rings is 1. The largest absolute Gasteiger partial charge is 0.338 e. The number of aryl methyl sites for hydroxylation is 2. The number of anilines is 1. The van der Waals surface area contributed by atoms with Crippen molar-refractivity contribution in [1.82, 2.24) is 19.9 Å². The van der Waals surface area contributed by atoms with E-state index in [-0.39, 0.29) is 23.5 Å². The molecule has 0 aliphatic carbocycles. The molecule has 0 atom stereocenters. The van der Waals surface area contributed by atoms with Crippen molar-refractivity contribution in [3.63, 3.8) is 0 Å². The molecule has 4 rings (SSSR count). The Morgan fingerprint density at radius 1 is 1.10 bits per heavy atom. The Morgan fingerprint density at radius 2 is 1.81 bits per heavy atom. The minimum Gasteiger partial charge on any atom is -0.338 e. The maximum atomic E-state index is 13.0. The predicted octanol–water partition coefficient (Wildman–Crippen LogP) is 3.96. The summed E-state index contributed by atoms with van der Waals surface area (Å²) in [6.45, 7) is 4.89. The molecule has 1 aromatic carbocycles. The maximum absolute atomic E-state index is 13.0. The molecule has 1 saturated heterocycles. The molecule has 7 nitrogen and oxygen atoms in total. The van der Waals surface area contributed by atoms with Gasteiger partial charge in [0.2, 0.25) is 0 Å². The van der Waals surface area contributed by atoms with Crippen molar-refractivity contribution < 1.29 is 14.0 Å². The Bertz CT molecular complexity index is 1110. The van der Waals surface area contributed by atoms with Crippen molar-refractivity contribution in [3.05, 3.63) is 69.4 Å². The van der Waals surface area contributed by atoms with Gasteiger partial charge in [-0.15, -0.1) is 11.3 Å². The molecule has 3 heterocycles. The zero-order chi connectivity index (χ0) is 22.0. The van der Waals surface area contributed by atoms with Gasteiger partial charge in [0.15, 0.2) is 0 Å². The van der Waals surface area contributed by atoms with Crippen LogP contribution in [0.25, 0.3) is 0 Å². The lowest BCUT2D eigenvalue weighted by molar-refractivity contribution is 0.0714. The summed E-state index contributed by atoms with van der Waals surface area (Å²) in [5.74, 6) is 0.160. The molecule has 9 heteroatoms. The van der Waals surface area contributed by atoms with E-state index in [1.807, 2.05) is 11.8 Å². The molecule has 2 aromatic heterocycles. The number of hydrogen-bond donors (Lipinski definition) is 1. The molecule has 0 bridgehead atoms. The highest BCUT2D eigenvalue weighted by Gasteiger charge is 2.28. The first-order valence-electron chi connectivity index (χ1n) is 10.0. The van der Waals surface area contributed by atoms with Gasteiger partial charge in [-0.25, -0.2) is 19.3 Å². The van der Waals surface area contributed by atoms with Gasteiger partial charge in [-0.3, -0.25) is 9.59 Å². The number of piperidine rings is 1. The zero-order valence-corrected chi connectivity index (χ0v) is 18.1. The minimum absolute atomic E-state index is 0.0309. The molecule has 0 unspecified atom stereocenters. The Labute approximate surface area is 183 Å². The molecule has 31 heavy (non-hydrogen) atoms. The Morgan fingerprint density at radius 3 is 2.42 bits per heavy atom. The summed E-state index contributed by atoms with van der Waals surface area (Å²) in [6.07, 6.45) is 3.07. The number of benzene rings is 1. The highest BCUT2D eigenvalue weighted by Crippen LogP contribution is 2.28. The van der Waals surface area contributed by atoms with Crippen molar-refractivity contribution in [1.29, 1.82) is 0 Å². The van der Waals surface area contributed by atoms with Gasteiger partial charge >= 0.3 is 0 Å². The summed E-state index contributed by atoms with van der Waals surface area (Å²) in [5.41, 5.74) is 3.93. The third-order valence-corrected chi connectivity index (χ3v) is 6.35. The molecule has 0 radical (unpaired) electrons. The molecule has 1 fully saturated rings. The van der Waals surface area contributed by atoms with Gasteiger partial charge in [0.25, 0.3) is 11.8 Å². The molecule has 1 aliphatic rings. The predicted molar refractivity (Wildman–Crippen MR) is 116 cm³/mol. The summed E-state index contributed by atoms with van der Waals surface area (Å²) in [6, 6.07) is 5.58. The van der Waals surface area contributed by atoms with Crippen LogP contribution < -0.4 is 5.32 Å². The third-order valence-electron chi connectivity index (χ3n) is 5.43. The summed E-state index contributed by atoms with van der Waals surface area (Å²) >= 11 is 1.37. The first-order chi connectivity index (χ1) is 14.9. The van der Waals surface area contributed by atoms with E-state index in [1.165, 1.54) is 41.8 Å². The van der Waals surface area contributed by atoms with Crippen LogP contribution in [0.5, 0.6) is 0 Å². The van der Waals surface area contributed by atoms with E-state index < -0.39 is 0 Å². The third kappa shape index (κ3) is 4.61. The lowest BCUT2D eigenvalue weighted by Gasteiger charge is -2.31. The summed E-state index contributed by atoms with van der Waals surface area (Å²) in [7, 11) is 0. The lowest BCUT2D eigenvalue weighted by Crippen LogP contribution is -2.38. The van der Waals surface area contributed by atoms with Crippen LogP contribution in [0.1, 0.15) is 56.0 Å². The van der Waals surface area contributed by atoms with E-state index >= 15 is 0 Å². The summed E-state index contributed by atoms with van der Waals surface area (Å²) in [5, 5.41) is 2.73. The van der Waals surface area contributed by atoms with Crippen molar-refractivity contribution >= 4 is 28.8 Å². The molecule has 2 amide bonds. The molecular formula is C22H22FN5O2S. The van der Waals surface area contributed by atoms with E-state index in [4.69, 9.17) is 0 Å². The normalized spacial score (nSPS) is 14.5. The first kappa shape index (κ1) is 21.0. The highest BCUT2D eigenvalue weighted by atomic mass is 32.1. The number of nitrogens with one attached hydrogen (secondary N) is 1. The first-order valence-corrected chi connectivity index (χ1v) is 10.9. The van der Waals surface area contributed by atoms with Gasteiger partial charge in [-0.05, 0) is 51.0 Å². The number of likely N-dealkylation sites (tertiary alicyclic amines) is 1. The summed E-state index contributed by atoms with van der Waals surface area (Å²) < 4.78 is 13.0. The van der Waals surface area contributed by atoms with Crippen LogP contribution in [0, 0.1) is 19.7 Å². The standard InChI is InChI=1S/C22H22FN5O2S/c1-13-18(21(29)27-17-5-3-16(23)4-6-17)11-24-20(26-13)15-7-9-28(10-8-15)22(30)19-14(2)25-12-31-19/h3-6,11-12,15H,7-10H2,1-2H3,(H,27,29). The average Bonchev–Trinajstić information content (AvgIpc) is 3.20. The van der Waals surface area contributed by atoms with E-state index in [0.29, 0.717) is 40.7 Å². The van der Waals surface area contributed by atoms with Crippen LogP contribution in [0.2, 0.25) is 0 Å². The Kier molecular flexibility index (Phi) is 6.03. The molecule has 0 saturated carbocycles. The average molecular weight is 440 g/mol. The van der Waals surface area contributed by atoms with E-state index in [2.05, 4.69) is 20.3 Å². The number of halogens is 1. The highest BCUT2D eigenvalue weighted by molar-refractivity contribution is 7.11.